The zero-order valence-electron chi connectivity index (χ0n) is 30.3. The molecule has 0 saturated heterocycles. The van der Waals surface area contributed by atoms with E-state index in [1.807, 2.05) is 11.3 Å². The van der Waals surface area contributed by atoms with Crippen molar-refractivity contribution < 1.29 is 0 Å². The normalized spacial score (nSPS) is 23.3. The minimum atomic E-state index is 0.122. The third-order valence-corrected chi connectivity index (χ3v) is 15.0. The summed E-state index contributed by atoms with van der Waals surface area (Å²) in [5, 5.41) is 2.65. The van der Waals surface area contributed by atoms with E-state index in [-0.39, 0.29) is 5.41 Å². The van der Waals surface area contributed by atoms with Gasteiger partial charge in [-0.3, -0.25) is 0 Å². The number of anilines is 3. The molecule has 1 heterocycles. The van der Waals surface area contributed by atoms with Crippen LogP contribution < -0.4 is 4.90 Å². The summed E-state index contributed by atoms with van der Waals surface area (Å²) in [6, 6.07) is 61.9. The maximum Gasteiger partial charge on any atom is 0.0540 e. The summed E-state index contributed by atoms with van der Waals surface area (Å²) in [4.78, 5) is 2.48. The lowest BCUT2D eigenvalue weighted by Crippen LogP contribution is -2.55. The molecule has 0 aliphatic heterocycles. The summed E-state index contributed by atoms with van der Waals surface area (Å²) < 4.78 is 2.64. The SMILES string of the molecule is c1ccc(-c2cc3c(cc2-c2ccccc2N(c2ccccc2)c2ccc4c(c2)sc2ccccc24)-c2ccccc2C32C3CC4CC(C3)CC2C4)cc1. The number of nitrogens with zero attached hydrogens (tertiary/aromatic N) is 1. The van der Waals surface area contributed by atoms with Crippen LogP contribution in [0.3, 0.4) is 0 Å². The van der Waals surface area contributed by atoms with Gasteiger partial charge in [0, 0.05) is 42.5 Å². The molecule has 5 aliphatic rings. The van der Waals surface area contributed by atoms with Crippen molar-refractivity contribution in [1.82, 2.24) is 0 Å². The van der Waals surface area contributed by atoms with Gasteiger partial charge in [0.05, 0.1) is 5.69 Å². The quantitative estimate of drug-likeness (QED) is 0.172. The maximum absolute atomic E-state index is 2.68. The average molecular weight is 712 g/mol. The molecule has 54 heavy (non-hydrogen) atoms. The van der Waals surface area contributed by atoms with E-state index in [1.54, 1.807) is 11.1 Å². The van der Waals surface area contributed by atoms with E-state index in [2.05, 4.69) is 169 Å². The Morgan fingerprint density at radius 1 is 0.426 bits per heavy atom. The van der Waals surface area contributed by atoms with Gasteiger partial charge in [-0.25, -0.2) is 0 Å². The molecule has 2 heteroatoms. The molecule has 4 fully saturated rings. The number of para-hydroxylation sites is 2. The van der Waals surface area contributed by atoms with Gasteiger partial charge in [0.15, 0.2) is 0 Å². The molecule has 4 saturated carbocycles. The van der Waals surface area contributed by atoms with E-state index in [9.17, 15) is 0 Å². The van der Waals surface area contributed by atoms with E-state index < -0.39 is 0 Å². The van der Waals surface area contributed by atoms with Crippen LogP contribution in [0.1, 0.15) is 43.2 Å². The minimum absolute atomic E-state index is 0.122. The molecule has 0 unspecified atom stereocenters. The Morgan fingerprint density at radius 2 is 1.07 bits per heavy atom. The van der Waals surface area contributed by atoms with Gasteiger partial charge in [0.1, 0.15) is 0 Å². The molecule has 0 amide bonds. The van der Waals surface area contributed by atoms with Crippen LogP contribution in [0.5, 0.6) is 0 Å². The van der Waals surface area contributed by atoms with Crippen molar-refractivity contribution in [2.24, 2.45) is 23.7 Å². The van der Waals surface area contributed by atoms with Crippen LogP contribution in [0.4, 0.5) is 17.1 Å². The molecule has 7 aromatic carbocycles. The zero-order chi connectivity index (χ0) is 35.4. The molecular formula is C52H41NS. The molecule has 0 N–H and O–H groups in total. The highest BCUT2D eigenvalue weighted by Crippen LogP contribution is 2.70. The Hall–Kier alpha value is -5.44. The third-order valence-electron chi connectivity index (χ3n) is 13.8. The molecule has 0 atom stereocenters. The zero-order valence-corrected chi connectivity index (χ0v) is 31.1. The topological polar surface area (TPSA) is 3.24 Å². The first-order valence-corrected chi connectivity index (χ1v) is 20.8. The third kappa shape index (κ3) is 4.38. The van der Waals surface area contributed by atoms with Crippen LogP contribution in [0.2, 0.25) is 0 Å². The van der Waals surface area contributed by atoms with Crippen molar-refractivity contribution >= 4 is 48.6 Å². The second-order valence-electron chi connectivity index (χ2n) is 16.5. The Balaban J connectivity index is 1.11. The number of fused-ring (bicyclic) bond motifs is 6. The van der Waals surface area contributed by atoms with Crippen molar-refractivity contribution in [3.63, 3.8) is 0 Å². The molecule has 0 radical (unpaired) electrons. The van der Waals surface area contributed by atoms with Gasteiger partial charge < -0.3 is 4.90 Å². The van der Waals surface area contributed by atoms with Gasteiger partial charge >= 0.3 is 0 Å². The summed E-state index contributed by atoms with van der Waals surface area (Å²) in [6.07, 6.45) is 7.03. The summed E-state index contributed by atoms with van der Waals surface area (Å²) in [7, 11) is 0. The van der Waals surface area contributed by atoms with Gasteiger partial charge in [-0.05, 0) is 143 Å². The minimum Gasteiger partial charge on any atom is -0.310 e. The smallest absolute Gasteiger partial charge is 0.0540 e. The Morgan fingerprint density at radius 3 is 1.87 bits per heavy atom. The van der Waals surface area contributed by atoms with Crippen molar-refractivity contribution in [2.45, 2.75) is 37.5 Å². The van der Waals surface area contributed by atoms with Crippen molar-refractivity contribution in [2.75, 3.05) is 4.90 Å². The van der Waals surface area contributed by atoms with E-state index >= 15 is 0 Å². The predicted octanol–water partition coefficient (Wildman–Crippen LogP) is 14.6. The Labute approximate surface area is 321 Å². The lowest BCUT2D eigenvalue weighted by Gasteiger charge is -2.61. The first-order chi connectivity index (χ1) is 26.7. The second kappa shape index (κ2) is 11.8. The molecule has 8 aromatic rings. The fraction of sp³-hybridized carbons (Fsp3) is 0.192. The fourth-order valence-corrected chi connectivity index (χ4v) is 13.2. The highest BCUT2D eigenvalue weighted by Gasteiger charge is 2.61. The van der Waals surface area contributed by atoms with Crippen LogP contribution in [-0.2, 0) is 5.41 Å². The van der Waals surface area contributed by atoms with Crippen LogP contribution in [0, 0.1) is 23.7 Å². The van der Waals surface area contributed by atoms with Crippen LogP contribution >= 0.6 is 11.3 Å². The Kier molecular flexibility index (Phi) is 6.75. The van der Waals surface area contributed by atoms with Gasteiger partial charge in [0.25, 0.3) is 0 Å². The fourth-order valence-electron chi connectivity index (χ4n) is 12.0. The number of benzene rings is 7. The van der Waals surface area contributed by atoms with Gasteiger partial charge in [-0.15, -0.1) is 11.3 Å². The summed E-state index contributed by atoms with van der Waals surface area (Å²) in [5.74, 6) is 3.31. The van der Waals surface area contributed by atoms with Crippen LogP contribution in [-0.4, -0.2) is 0 Å². The van der Waals surface area contributed by atoms with Crippen molar-refractivity contribution in [3.05, 3.63) is 175 Å². The molecule has 1 aromatic heterocycles. The summed E-state index contributed by atoms with van der Waals surface area (Å²) in [5.41, 5.74) is 15.0. The van der Waals surface area contributed by atoms with Gasteiger partial charge in [-0.2, -0.15) is 0 Å². The second-order valence-corrected chi connectivity index (χ2v) is 17.6. The van der Waals surface area contributed by atoms with Crippen LogP contribution in [0.25, 0.3) is 53.6 Å². The largest absolute Gasteiger partial charge is 0.310 e. The number of hydrogen-bond donors (Lipinski definition) is 0. The van der Waals surface area contributed by atoms with E-state index in [4.69, 9.17) is 0 Å². The monoisotopic (exact) mass is 711 g/mol. The van der Waals surface area contributed by atoms with Crippen LogP contribution in [0.15, 0.2) is 164 Å². The number of thiophene rings is 1. The standard InChI is InChI=1S/C52H41NS/c1-3-13-35(14-4-1)44-32-48-46(40-17-7-10-20-47(40)52(48)36-26-33-25-34(28-36)29-37(52)27-33)31-45(44)41-18-8-11-21-49(41)53(38-15-5-2-6-16-38)39-23-24-43-42-19-9-12-22-50(42)54-51(43)30-39/h1-24,30-34,36-37H,25-29H2. The van der Waals surface area contributed by atoms with Crippen molar-refractivity contribution in [1.29, 1.82) is 0 Å². The summed E-state index contributed by atoms with van der Waals surface area (Å²) in [6.45, 7) is 0. The molecular weight excluding hydrogens is 671 g/mol. The molecule has 4 bridgehead atoms. The highest BCUT2D eigenvalue weighted by molar-refractivity contribution is 7.25. The average Bonchev–Trinajstić information content (AvgIpc) is 3.73. The number of hydrogen-bond acceptors (Lipinski definition) is 2. The molecule has 260 valence electrons. The molecule has 1 nitrogen and oxygen atoms in total. The van der Waals surface area contributed by atoms with Gasteiger partial charge in [-0.1, -0.05) is 115 Å². The lowest BCUT2D eigenvalue weighted by molar-refractivity contribution is -0.0399. The first-order valence-electron chi connectivity index (χ1n) is 19.9. The highest BCUT2D eigenvalue weighted by atomic mass is 32.1. The Bertz CT molecular complexity index is 2710. The lowest BCUT2D eigenvalue weighted by atomic mass is 9.43. The van der Waals surface area contributed by atoms with Gasteiger partial charge in [0.2, 0.25) is 0 Å². The first kappa shape index (κ1) is 31.0. The summed E-state index contributed by atoms with van der Waals surface area (Å²) >= 11 is 1.88. The van der Waals surface area contributed by atoms with E-state index in [1.165, 1.54) is 97.0 Å². The maximum atomic E-state index is 2.68. The molecule has 13 rings (SSSR count). The van der Waals surface area contributed by atoms with E-state index in [0.717, 1.165) is 29.4 Å². The molecule has 5 aliphatic carbocycles. The predicted molar refractivity (Wildman–Crippen MR) is 228 cm³/mol. The van der Waals surface area contributed by atoms with E-state index in [0.29, 0.717) is 0 Å². The number of rotatable bonds is 5. The van der Waals surface area contributed by atoms with Crippen molar-refractivity contribution in [3.8, 4) is 33.4 Å². The molecule has 1 spiro atoms.